The van der Waals surface area contributed by atoms with Crippen molar-refractivity contribution in [1.82, 2.24) is 9.78 Å². The molecule has 1 aromatic heterocycles. The van der Waals surface area contributed by atoms with Crippen LogP contribution in [0.2, 0.25) is 5.15 Å². The Balaban J connectivity index is 2.57. The Morgan fingerprint density at radius 2 is 2.00 bits per heavy atom. The first-order valence-electron chi connectivity index (χ1n) is 6.58. The summed E-state index contributed by atoms with van der Waals surface area (Å²) in [6.07, 6.45) is 4.92. The van der Waals surface area contributed by atoms with Crippen LogP contribution in [0.4, 0.5) is 0 Å². The summed E-state index contributed by atoms with van der Waals surface area (Å²) >= 11 is 6.20. The SMILES string of the molecule is CCC(C)n1nc(C2CCCC2)c(S(=O)(=O)Cl)c1Cl. The van der Waals surface area contributed by atoms with Gasteiger partial charge in [0, 0.05) is 16.6 Å². The molecule has 0 bridgehead atoms. The number of nitrogens with zero attached hydrogens (tertiary/aromatic N) is 2. The van der Waals surface area contributed by atoms with Gasteiger partial charge in [-0.2, -0.15) is 5.10 Å². The van der Waals surface area contributed by atoms with E-state index in [1.54, 1.807) is 4.68 Å². The molecule has 0 radical (unpaired) electrons. The highest BCUT2D eigenvalue weighted by molar-refractivity contribution is 8.13. The number of rotatable bonds is 4. The molecule has 0 aromatic carbocycles. The van der Waals surface area contributed by atoms with Crippen LogP contribution in [0.1, 0.15) is 63.6 Å². The lowest BCUT2D eigenvalue weighted by molar-refractivity contribution is 0.469. The smallest absolute Gasteiger partial charge is 0.250 e. The van der Waals surface area contributed by atoms with Gasteiger partial charge in [0.1, 0.15) is 10.0 Å². The molecule has 2 rings (SSSR count). The van der Waals surface area contributed by atoms with Crippen molar-refractivity contribution in [3.63, 3.8) is 0 Å². The monoisotopic (exact) mass is 324 g/mol. The molecule has 1 aliphatic carbocycles. The topological polar surface area (TPSA) is 52.0 Å². The normalized spacial score (nSPS) is 18.9. The van der Waals surface area contributed by atoms with Gasteiger partial charge >= 0.3 is 0 Å². The average molecular weight is 325 g/mol. The van der Waals surface area contributed by atoms with Crippen LogP contribution < -0.4 is 0 Å². The van der Waals surface area contributed by atoms with E-state index >= 15 is 0 Å². The van der Waals surface area contributed by atoms with Crippen molar-refractivity contribution in [3.05, 3.63) is 10.8 Å². The van der Waals surface area contributed by atoms with E-state index in [1.165, 1.54) is 0 Å². The maximum Gasteiger partial charge on any atom is 0.266 e. The van der Waals surface area contributed by atoms with Crippen LogP contribution in [0, 0.1) is 0 Å². The fourth-order valence-corrected chi connectivity index (χ4v) is 4.50. The lowest BCUT2D eigenvalue weighted by atomic mass is 10.1. The Bertz CT molecular complexity index is 563. The molecule has 1 heterocycles. The van der Waals surface area contributed by atoms with Gasteiger partial charge in [0.05, 0.1) is 11.7 Å². The first kappa shape index (κ1) is 15.1. The molecule has 1 fully saturated rings. The molecule has 1 aliphatic rings. The van der Waals surface area contributed by atoms with E-state index in [0.717, 1.165) is 32.1 Å². The summed E-state index contributed by atoms with van der Waals surface area (Å²) in [6, 6.07) is 0.0554. The molecule has 0 aliphatic heterocycles. The fourth-order valence-electron chi connectivity index (χ4n) is 2.57. The van der Waals surface area contributed by atoms with Crippen molar-refractivity contribution in [1.29, 1.82) is 0 Å². The summed E-state index contributed by atoms with van der Waals surface area (Å²) in [7, 11) is 1.68. The van der Waals surface area contributed by atoms with Crippen LogP contribution in [-0.4, -0.2) is 18.2 Å². The molecule has 4 nitrogen and oxygen atoms in total. The second-order valence-corrected chi connectivity index (χ2v) is 7.99. The van der Waals surface area contributed by atoms with Gasteiger partial charge in [0.2, 0.25) is 0 Å². The summed E-state index contributed by atoms with van der Waals surface area (Å²) in [5, 5.41) is 4.59. The van der Waals surface area contributed by atoms with Crippen molar-refractivity contribution in [2.24, 2.45) is 0 Å². The minimum Gasteiger partial charge on any atom is -0.250 e. The van der Waals surface area contributed by atoms with Crippen molar-refractivity contribution >= 4 is 31.3 Å². The van der Waals surface area contributed by atoms with Crippen LogP contribution in [-0.2, 0) is 9.05 Å². The Hall–Kier alpha value is -0.260. The van der Waals surface area contributed by atoms with E-state index in [4.69, 9.17) is 22.3 Å². The molecule has 1 unspecified atom stereocenters. The van der Waals surface area contributed by atoms with E-state index < -0.39 is 9.05 Å². The van der Waals surface area contributed by atoms with E-state index in [0.29, 0.717) is 5.69 Å². The minimum absolute atomic E-state index is 0.0167. The van der Waals surface area contributed by atoms with Gasteiger partial charge in [-0.15, -0.1) is 0 Å². The predicted octanol–water partition coefficient (Wildman–Crippen LogP) is 4.09. The average Bonchev–Trinajstić information content (AvgIpc) is 2.93. The third-order valence-corrected chi connectivity index (χ3v) is 5.66. The zero-order chi connectivity index (χ0) is 14.2. The second kappa shape index (κ2) is 5.62. The first-order valence-corrected chi connectivity index (χ1v) is 9.27. The Morgan fingerprint density at radius 1 is 1.42 bits per heavy atom. The molecule has 0 amide bonds. The zero-order valence-electron chi connectivity index (χ0n) is 11.1. The van der Waals surface area contributed by atoms with Crippen molar-refractivity contribution < 1.29 is 8.42 Å². The van der Waals surface area contributed by atoms with E-state index in [9.17, 15) is 8.42 Å². The second-order valence-electron chi connectivity index (χ2n) is 5.13. The molecule has 7 heteroatoms. The van der Waals surface area contributed by atoms with E-state index in [-0.39, 0.29) is 22.0 Å². The molecule has 108 valence electrons. The minimum atomic E-state index is -3.87. The highest BCUT2D eigenvalue weighted by Crippen LogP contribution is 2.41. The highest BCUT2D eigenvalue weighted by Gasteiger charge is 2.33. The molecule has 19 heavy (non-hydrogen) atoms. The van der Waals surface area contributed by atoms with Gasteiger partial charge in [-0.3, -0.25) is 0 Å². The number of halogens is 2. The van der Waals surface area contributed by atoms with Crippen LogP contribution in [0.3, 0.4) is 0 Å². The lowest BCUT2D eigenvalue weighted by Crippen LogP contribution is -2.06. The molecule has 0 spiro atoms. The van der Waals surface area contributed by atoms with Crippen LogP contribution >= 0.6 is 22.3 Å². The predicted molar refractivity (Wildman–Crippen MR) is 76.5 cm³/mol. The maximum absolute atomic E-state index is 11.8. The Morgan fingerprint density at radius 3 is 2.47 bits per heavy atom. The van der Waals surface area contributed by atoms with Gasteiger partial charge in [0.25, 0.3) is 9.05 Å². The summed E-state index contributed by atoms with van der Waals surface area (Å²) in [4.78, 5) is 0.0167. The third kappa shape index (κ3) is 2.93. The third-order valence-electron chi connectivity index (χ3n) is 3.83. The largest absolute Gasteiger partial charge is 0.266 e. The number of hydrogen-bond donors (Lipinski definition) is 0. The van der Waals surface area contributed by atoms with E-state index in [2.05, 4.69) is 5.10 Å². The maximum atomic E-state index is 11.8. The van der Waals surface area contributed by atoms with Gasteiger partial charge < -0.3 is 0 Å². The molecule has 1 atom stereocenters. The Kier molecular flexibility index (Phi) is 4.48. The first-order chi connectivity index (χ1) is 8.86. The van der Waals surface area contributed by atoms with Gasteiger partial charge in [0.15, 0.2) is 0 Å². The van der Waals surface area contributed by atoms with Crippen molar-refractivity contribution in [2.75, 3.05) is 0 Å². The van der Waals surface area contributed by atoms with Gasteiger partial charge in [-0.05, 0) is 26.2 Å². The molecule has 1 aromatic rings. The molecular formula is C12H18Cl2N2O2S. The molecule has 1 saturated carbocycles. The van der Waals surface area contributed by atoms with Crippen LogP contribution in [0.5, 0.6) is 0 Å². The van der Waals surface area contributed by atoms with Gasteiger partial charge in [-0.25, -0.2) is 13.1 Å². The van der Waals surface area contributed by atoms with Crippen molar-refractivity contribution in [3.8, 4) is 0 Å². The molecule has 0 N–H and O–H groups in total. The Labute approximate surface area is 123 Å². The lowest BCUT2D eigenvalue weighted by Gasteiger charge is -2.10. The van der Waals surface area contributed by atoms with Crippen LogP contribution in [0.15, 0.2) is 4.90 Å². The fraction of sp³-hybridized carbons (Fsp3) is 0.750. The summed E-state index contributed by atoms with van der Waals surface area (Å²) in [5.41, 5.74) is 0.554. The zero-order valence-corrected chi connectivity index (χ0v) is 13.4. The summed E-state index contributed by atoms with van der Waals surface area (Å²) in [5.74, 6) is 0.159. The molecule has 0 saturated heterocycles. The van der Waals surface area contributed by atoms with Gasteiger partial charge in [-0.1, -0.05) is 31.4 Å². The van der Waals surface area contributed by atoms with Crippen molar-refractivity contribution in [2.45, 2.75) is 62.8 Å². The summed E-state index contributed by atoms with van der Waals surface area (Å²) in [6.45, 7) is 3.97. The highest BCUT2D eigenvalue weighted by atomic mass is 35.7. The van der Waals surface area contributed by atoms with E-state index in [1.807, 2.05) is 13.8 Å². The standard InChI is InChI=1S/C12H18Cl2N2O2S/c1-3-8(2)16-12(13)11(19(14,17)18)10(15-16)9-6-4-5-7-9/h8-9H,3-7H2,1-2H3. The quantitative estimate of drug-likeness (QED) is 0.783. The summed E-state index contributed by atoms with van der Waals surface area (Å²) < 4.78 is 25.2. The molecular weight excluding hydrogens is 307 g/mol. The number of hydrogen-bond acceptors (Lipinski definition) is 3. The van der Waals surface area contributed by atoms with Crippen LogP contribution in [0.25, 0.3) is 0 Å². The number of aromatic nitrogens is 2.